The van der Waals surface area contributed by atoms with Gasteiger partial charge < -0.3 is 26.4 Å². The fourth-order valence-electron chi connectivity index (χ4n) is 4.85. The Morgan fingerprint density at radius 3 is 2.45 bits per heavy atom. The number of nitrogens with zero attached hydrogens (tertiary/aromatic N) is 1. The average Bonchev–Trinajstić information content (AvgIpc) is 3.26. The number of rotatable bonds is 8. The molecule has 0 bridgehead atoms. The summed E-state index contributed by atoms with van der Waals surface area (Å²) < 4.78 is 0. The van der Waals surface area contributed by atoms with Crippen molar-refractivity contribution in [3.63, 3.8) is 0 Å². The van der Waals surface area contributed by atoms with Crippen LogP contribution in [0.1, 0.15) is 37.4 Å². The van der Waals surface area contributed by atoms with E-state index < -0.39 is 5.97 Å². The van der Waals surface area contributed by atoms with Crippen LogP contribution >= 0.6 is 0 Å². The first-order chi connectivity index (χ1) is 19.3. The van der Waals surface area contributed by atoms with Crippen LogP contribution in [0.2, 0.25) is 0 Å². The zero-order chi connectivity index (χ0) is 28.2. The number of aryl methyl sites for hydroxylation is 1. The number of carboxylic acid groups (broad SMARTS) is 1. The molecule has 10 nitrogen and oxygen atoms in total. The second-order valence-electron chi connectivity index (χ2n) is 9.67. The van der Waals surface area contributed by atoms with Gasteiger partial charge in [-0.1, -0.05) is 30.3 Å². The van der Waals surface area contributed by atoms with Crippen LogP contribution in [0.3, 0.4) is 0 Å². The summed E-state index contributed by atoms with van der Waals surface area (Å²) in [7, 11) is 0. The van der Waals surface area contributed by atoms with Crippen molar-refractivity contribution >= 4 is 46.3 Å². The van der Waals surface area contributed by atoms with E-state index in [0.717, 1.165) is 12.1 Å². The average molecular weight is 540 g/mol. The van der Waals surface area contributed by atoms with Gasteiger partial charge in [-0.25, -0.2) is 4.79 Å². The molecule has 2 aliphatic heterocycles. The predicted octanol–water partition coefficient (Wildman–Crippen LogP) is 2.79. The van der Waals surface area contributed by atoms with Crippen LogP contribution in [-0.4, -0.2) is 66.4 Å². The van der Waals surface area contributed by atoms with Crippen LogP contribution < -0.4 is 21.3 Å². The van der Waals surface area contributed by atoms with Crippen LogP contribution in [0.25, 0.3) is 11.3 Å². The molecule has 1 fully saturated rings. The molecular formula is C30H29N5O5. The van der Waals surface area contributed by atoms with Gasteiger partial charge in [0.05, 0.1) is 29.1 Å². The third-order valence-electron chi connectivity index (χ3n) is 6.90. The van der Waals surface area contributed by atoms with Gasteiger partial charge in [-0.15, -0.1) is 0 Å². The number of benzene rings is 3. The van der Waals surface area contributed by atoms with Crippen LogP contribution in [0.4, 0.5) is 11.4 Å². The van der Waals surface area contributed by atoms with Crippen molar-refractivity contribution in [2.45, 2.75) is 6.92 Å². The van der Waals surface area contributed by atoms with Crippen molar-refractivity contribution < 1.29 is 24.3 Å². The van der Waals surface area contributed by atoms with E-state index in [0.29, 0.717) is 65.5 Å². The zero-order valence-electron chi connectivity index (χ0n) is 21.9. The maximum absolute atomic E-state index is 13.2. The topological polar surface area (TPSA) is 140 Å². The van der Waals surface area contributed by atoms with Crippen molar-refractivity contribution in [1.82, 2.24) is 15.5 Å². The number of anilines is 2. The SMILES string of the molecule is Cc1cc2c(cc1C(=O)O)NC(=O)/C2=C(/Nc1ccc(C(=O)NCCN2CCNC(=O)C2)cc1)c1ccccc1. The molecule has 0 aliphatic carbocycles. The first-order valence-electron chi connectivity index (χ1n) is 12.9. The summed E-state index contributed by atoms with van der Waals surface area (Å²) in [5, 5.41) is 21.3. The number of carbonyl (C=O) groups is 4. The summed E-state index contributed by atoms with van der Waals surface area (Å²) >= 11 is 0. The largest absolute Gasteiger partial charge is 0.478 e. The van der Waals surface area contributed by atoms with Crippen molar-refractivity contribution in [2.75, 3.05) is 43.4 Å². The molecular weight excluding hydrogens is 510 g/mol. The quantitative estimate of drug-likeness (QED) is 0.277. The summed E-state index contributed by atoms with van der Waals surface area (Å²) in [6.07, 6.45) is 0. The van der Waals surface area contributed by atoms with Gasteiger partial charge in [0.25, 0.3) is 11.8 Å². The van der Waals surface area contributed by atoms with Crippen molar-refractivity contribution in [3.8, 4) is 0 Å². The van der Waals surface area contributed by atoms with Gasteiger partial charge in [-0.05, 0) is 54.4 Å². The zero-order valence-corrected chi connectivity index (χ0v) is 21.9. The van der Waals surface area contributed by atoms with Gasteiger partial charge in [-0.3, -0.25) is 19.3 Å². The van der Waals surface area contributed by atoms with Gasteiger partial charge in [0.1, 0.15) is 0 Å². The Morgan fingerprint density at radius 1 is 1.00 bits per heavy atom. The minimum Gasteiger partial charge on any atom is -0.478 e. The number of hydrogen-bond donors (Lipinski definition) is 5. The number of carboxylic acids is 1. The number of fused-ring (bicyclic) bond motifs is 1. The van der Waals surface area contributed by atoms with Gasteiger partial charge in [0.15, 0.2) is 0 Å². The molecule has 0 unspecified atom stereocenters. The van der Waals surface area contributed by atoms with Crippen molar-refractivity contribution in [3.05, 3.63) is 94.5 Å². The molecule has 3 amide bonds. The third-order valence-corrected chi connectivity index (χ3v) is 6.90. The highest BCUT2D eigenvalue weighted by molar-refractivity contribution is 6.37. The fourth-order valence-corrected chi connectivity index (χ4v) is 4.85. The molecule has 0 saturated carbocycles. The van der Waals surface area contributed by atoms with Gasteiger partial charge >= 0.3 is 5.97 Å². The Labute approximate surface area is 231 Å². The molecule has 3 aromatic rings. The van der Waals surface area contributed by atoms with Gasteiger partial charge in [-0.2, -0.15) is 0 Å². The highest BCUT2D eigenvalue weighted by atomic mass is 16.4. The first-order valence-corrected chi connectivity index (χ1v) is 12.9. The number of hydrogen-bond acceptors (Lipinski definition) is 6. The van der Waals surface area contributed by atoms with E-state index in [2.05, 4.69) is 21.3 Å². The Morgan fingerprint density at radius 2 is 1.75 bits per heavy atom. The summed E-state index contributed by atoms with van der Waals surface area (Å²) in [5.74, 6) is -1.63. The second-order valence-corrected chi connectivity index (χ2v) is 9.67. The number of piperazine rings is 1. The van der Waals surface area contributed by atoms with E-state index in [-0.39, 0.29) is 23.3 Å². The molecule has 5 rings (SSSR count). The molecule has 2 aliphatic rings. The smallest absolute Gasteiger partial charge is 0.336 e. The Balaban J connectivity index is 1.37. The molecule has 0 atom stereocenters. The minimum absolute atomic E-state index is 0.00998. The molecule has 10 heteroatoms. The normalized spacial score (nSPS) is 16.0. The van der Waals surface area contributed by atoms with E-state index in [4.69, 9.17) is 0 Å². The minimum atomic E-state index is -1.06. The van der Waals surface area contributed by atoms with Crippen LogP contribution in [0.5, 0.6) is 0 Å². The van der Waals surface area contributed by atoms with Gasteiger partial charge in [0.2, 0.25) is 5.91 Å². The predicted molar refractivity (Wildman–Crippen MR) is 152 cm³/mol. The molecule has 3 aromatic carbocycles. The summed E-state index contributed by atoms with van der Waals surface area (Å²) in [6.45, 7) is 4.41. The standard InChI is InChI=1S/C30H29N5O5/c1-18-15-23-24(16-22(18)30(39)40)34-29(38)26(23)27(19-5-3-2-4-6-19)33-21-9-7-20(8-10-21)28(37)32-12-14-35-13-11-31-25(36)17-35/h2-10,15-16,33H,11-14,17H2,1H3,(H,31,36)(H,32,37)(H,34,38)(H,39,40)/b27-26+. The van der Waals surface area contributed by atoms with E-state index in [1.165, 1.54) is 6.07 Å². The molecule has 1 saturated heterocycles. The lowest BCUT2D eigenvalue weighted by molar-refractivity contribution is -0.124. The highest BCUT2D eigenvalue weighted by Crippen LogP contribution is 2.39. The van der Waals surface area contributed by atoms with E-state index in [1.807, 2.05) is 35.2 Å². The summed E-state index contributed by atoms with van der Waals surface area (Å²) in [5.41, 5.74) is 4.61. The Kier molecular flexibility index (Phi) is 7.61. The van der Waals surface area contributed by atoms with E-state index in [1.54, 1.807) is 37.3 Å². The van der Waals surface area contributed by atoms with Gasteiger partial charge in [0, 0.05) is 43.0 Å². The molecule has 0 aromatic heterocycles. The van der Waals surface area contributed by atoms with Crippen molar-refractivity contribution in [1.29, 1.82) is 0 Å². The summed E-state index contributed by atoms with van der Waals surface area (Å²) in [6, 6.07) is 19.5. The lowest BCUT2D eigenvalue weighted by Gasteiger charge is -2.26. The maximum atomic E-state index is 13.2. The van der Waals surface area contributed by atoms with E-state index >= 15 is 0 Å². The molecule has 0 spiro atoms. The van der Waals surface area contributed by atoms with Crippen LogP contribution in [0, 0.1) is 6.92 Å². The Hall–Kier alpha value is -4.96. The molecule has 5 N–H and O–H groups in total. The van der Waals surface area contributed by atoms with Crippen molar-refractivity contribution in [2.24, 2.45) is 0 Å². The molecule has 204 valence electrons. The first kappa shape index (κ1) is 26.6. The lowest BCUT2D eigenvalue weighted by Crippen LogP contribution is -2.49. The number of aromatic carboxylic acids is 1. The third kappa shape index (κ3) is 5.71. The van der Waals surface area contributed by atoms with E-state index in [9.17, 15) is 24.3 Å². The molecule has 2 heterocycles. The number of nitrogens with one attached hydrogen (secondary N) is 4. The highest BCUT2D eigenvalue weighted by Gasteiger charge is 2.30. The van der Waals surface area contributed by atoms with Crippen LogP contribution in [0.15, 0.2) is 66.7 Å². The monoisotopic (exact) mass is 539 g/mol. The van der Waals surface area contributed by atoms with Crippen LogP contribution in [-0.2, 0) is 9.59 Å². The maximum Gasteiger partial charge on any atom is 0.336 e. The summed E-state index contributed by atoms with van der Waals surface area (Å²) in [4.78, 5) is 51.0. The molecule has 0 radical (unpaired) electrons. The number of carbonyl (C=O) groups excluding carboxylic acids is 3. The molecule has 40 heavy (non-hydrogen) atoms. The second kappa shape index (κ2) is 11.4. The Bertz CT molecular complexity index is 1520. The number of amides is 3. The fraction of sp³-hybridized carbons (Fsp3) is 0.200. The lowest BCUT2D eigenvalue weighted by atomic mass is 9.96.